The molecule has 0 bridgehead atoms. The molecule has 0 radical (unpaired) electrons. The van der Waals surface area contributed by atoms with E-state index in [1.165, 1.54) is 29.4 Å². The fourth-order valence-electron chi connectivity index (χ4n) is 3.89. The van der Waals surface area contributed by atoms with Gasteiger partial charge in [0.05, 0.1) is 17.4 Å². The Balaban J connectivity index is 1.44. The molecule has 0 aliphatic carbocycles. The summed E-state index contributed by atoms with van der Waals surface area (Å²) in [7, 11) is 0. The highest BCUT2D eigenvalue weighted by Crippen LogP contribution is 2.28. The van der Waals surface area contributed by atoms with Crippen molar-refractivity contribution >= 4 is 23.7 Å². The number of hydrogen-bond acceptors (Lipinski definition) is 6. The van der Waals surface area contributed by atoms with Crippen LogP contribution in [0.3, 0.4) is 0 Å². The standard InChI is InChI=1S/C23H16N2O6/c26-20-16-8-3-4-9-17(16)21(27)25(20)31-23(29)18-12-14-6-1-2-7-15(14)13-24(18)22(28)19-10-5-11-30-19/h1-11,18H,12-13H2. The zero-order valence-electron chi connectivity index (χ0n) is 16.2. The van der Waals surface area contributed by atoms with Gasteiger partial charge >= 0.3 is 5.97 Å². The maximum Gasteiger partial charge on any atom is 0.355 e. The lowest BCUT2D eigenvalue weighted by atomic mass is 9.93. The quantitative estimate of drug-likeness (QED) is 0.609. The van der Waals surface area contributed by atoms with Gasteiger partial charge in [-0.3, -0.25) is 14.4 Å². The number of rotatable bonds is 3. The number of amides is 3. The third-order valence-corrected chi connectivity index (χ3v) is 5.45. The largest absolute Gasteiger partial charge is 0.459 e. The second kappa shape index (κ2) is 7.24. The van der Waals surface area contributed by atoms with Gasteiger partial charge in [0.25, 0.3) is 17.7 Å². The van der Waals surface area contributed by atoms with Gasteiger partial charge in [-0.15, -0.1) is 0 Å². The van der Waals surface area contributed by atoms with E-state index in [4.69, 9.17) is 9.25 Å². The van der Waals surface area contributed by atoms with Crippen molar-refractivity contribution in [3.05, 3.63) is 94.9 Å². The minimum Gasteiger partial charge on any atom is -0.459 e. The molecule has 2 aliphatic rings. The average molecular weight is 416 g/mol. The lowest BCUT2D eigenvalue weighted by Crippen LogP contribution is -2.51. The molecule has 1 atom stereocenters. The number of benzene rings is 2. The van der Waals surface area contributed by atoms with Gasteiger partial charge in [0, 0.05) is 13.0 Å². The number of carbonyl (C=O) groups is 4. The van der Waals surface area contributed by atoms with Crippen LogP contribution in [-0.2, 0) is 22.6 Å². The summed E-state index contributed by atoms with van der Waals surface area (Å²) in [6.07, 6.45) is 1.56. The predicted molar refractivity (Wildman–Crippen MR) is 106 cm³/mol. The second-order valence-electron chi connectivity index (χ2n) is 7.26. The number of fused-ring (bicyclic) bond motifs is 2. The molecule has 5 rings (SSSR count). The molecule has 1 unspecified atom stereocenters. The highest BCUT2D eigenvalue weighted by atomic mass is 16.7. The van der Waals surface area contributed by atoms with E-state index in [0.717, 1.165) is 11.1 Å². The van der Waals surface area contributed by atoms with Crippen molar-refractivity contribution in [2.45, 2.75) is 19.0 Å². The Hall–Kier alpha value is -4.20. The molecular formula is C23H16N2O6. The zero-order valence-corrected chi connectivity index (χ0v) is 16.2. The fourth-order valence-corrected chi connectivity index (χ4v) is 3.89. The van der Waals surface area contributed by atoms with Gasteiger partial charge in [-0.2, -0.15) is 0 Å². The topological polar surface area (TPSA) is 97.1 Å². The first-order chi connectivity index (χ1) is 15.0. The summed E-state index contributed by atoms with van der Waals surface area (Å²) in [4.78, 5) is 57.8. The predicted octanol–water partition coefficient (Wildman–Crippen LogP) is 2.60. The van der Waals surface area contributed by atoms with Crippen LogP contribution in [0.1, 0.15) is 42.4 Å². The molecule has 2 aromatic carbocycles. The van der Waals surface area contributed by atoms with Crippen LogP contribution < -0.4 is 0 Å². The molecule has 2 aliphatic heterocycles. The molecule has 31 heavy (non-hydrogen) atoms. The van der Waals surface area contributed by atoms with E-state index >= 15 is 0 Å². The van der Waals surface area contributed by atoms with E-state index in [2.05, 4.69) is 0 Å². The van der Waals surface area contributed by atoms with E-state index in [1.807, 2.05) is 24.3 Å². The smallest absolute Gasteiger partial charge is 0.355 e. The van der Waals surface area contributed by atoms with E-state index in [9.17, 15) is 19.2 Å². The first-order valence-electron chi connectivity index (χ1n) is 9.65. The van der Waals surface area contributed by atoms with Crippen molar-refractivity contribution in [3.8, 4) is 0 Å². The third-order valence-electron chi connectivity index (χ3n) is 5.45. The van der Waals surface area contributed by atoms with Gasteiger partial charge < -0.3 is 14.2 Å². The lowest BCUT2D eigenvalue weighted by Gasteiger charge is -2.35. The summed E-state index contributed by atoms with van der Waals surface area (Å²) in [5, 5.41) is 0.461. The summed E-state index contributed by atoms with van der Waals surface area (Å²) in [5.41, 5.74) is 2.11. The number of hydrogen-bond donors (Lipinski definition) is 0. The summed E-state index contributed by atoms with van der Waals surface area (Å²) >= 11 is 0. The van der Waals surface area contributed by atoms with Gasteiger partial charge in [0.1, 0.15) is 6.04 Å². The van der Waals surface area contributed by atoms with Gasteiger partial charge in [0.2, 0.25) is 0 Å². The van der Waals surface area contributed by atoms with Gasteiger partial charge in [0.15, 0.2) is 5.76 Å². The number of hydroxylamine groups is 2. The number of nitrogens with zero attached hydrogens (tertiary/aromatic N) is 2. The first kappa shape index (κ1) is 18.8. The van der Waals surface area contributed by atoms with Crippen LogP contribution in [0.4, 0.5) is 0 Å². The van der Waals surface area contributed by atoms with Crippen molar-refractivity contribution in [2.24, 2.45) is 0 Å². The maximum absolute atomic E-state index is 13.1. The molecule has 8 nitrogen and oxygen atoms in total. The number of imide groups is 1. The molecule has 0 fully saturated rings. The Morgan fingerprint density at radius 3 is 2.16 bits per heavy atom. The molecule has 3 aromatic rings. The van der Waals surface area contributed by atoms with Crippen LogP contribution in [0, 0.1) is 0 Å². The normalized spacial score (nSPS) is 17.4. The summed E-state index contributed by atoms with van der Waals surface area (Å²) in [6.45, 7) is 0.164. The Bertz CT molecular complexity index is 1180. The van der Waals surface area contributed by atoms with Crippen LogP contribution in [0.25, 0.3) is 0 Å². The maximum atomic E-state index is 13.1. The molecule has 3 heterocycles. The Morgan fingerprint density at radius 1 is 0.871 bits per heavy atom. The summed E-state index contributed by atoms with van der Waals surface area (Å²) in [6, 6.07) is 15.7. The zero-order chi connectivity index (χ0) is 21.5. The molecule has 0 N–H and O–H groups in total. The van der Waals surface area contributed by atoms with E-state index in [1.54, 1.807) is 18.2 Å². The van der Waals surface area contributed by atoms with Crippen molar-refractivity contribution in [1.29, 1.82) is 0 Å². The molecular weight excluding hydrogens is 400 g/mol. The Kier molecular flexibility index (Phi) is 4.39. The van der Waals surface area contributed by atoms with Crippen molar-refractivity contribution < 1.29 is 28.4 Å². The van der Waals surface area contributed by atoms with Gasteiger partial charge in [-0.25, -0.2) is 4.79 Å². The lowest BCUT2D eigenvalue weighted by molar-refractivity contribution is -0.174. The van der Waals surface area contributed by atoms with Crippen molar-refractivity contribution in [1.82, 2.24) is 9.96 Å². The minimum absolute atomic E-state index is 0.0814. The molecule has 0 spiro atoms. The Morgan fingerprint density at radius 2 is 1.52 bits per heavy atom. The van der Waals surface area contributed by atoms with Gasteiger partial charge in [-0.05, 0) is 35.4 Å². The van der Waals surface area contributed by atoms with Crippen molar-refractivity contribution in [3.63, 3.8) is 0 Å². The Labute approximate surface area is 176 Å². The molecule has 8 heteroatoms. The monoisotopic (exact) mass is 416 g/mol. The van der Waals surface area contributed by atoms with E-state index < -0.39 is 29.7 Å². The average Bonchev–Trinajstić information content (AvgIpc) is 3.42. The van der Waals surface area contributed by atoms with Crippen LogP contribution >= 0.6 is 0 Å². The second-order valence-corrected chi connectivity index (χ2v) is 7.26. The van der Waals surface area contributed by atoms with Crippen LogP contribution in [0.2, 0.25) is 0 Å². The fraction of sp³-hybridized carbons (Fsp3) is 0.130. The molecule has 1 aromatic heterocycles. The van der Waals surface area contributed by atoms with Crippen LogP contribution in [-0.4, -0.2) is 39.7 Å². The highest BCUT2D eigenvalue weighted by Gasteiger charge is 2.43. The van der Waals surface area contributed by atoms with Crippen molar-refractivity contribution in [2.75, 3.05) is 0 Å². The molecule has 3 amide bonds. The van der Waals surface area contributed by atoms with E-state index in [0.29, 0.717) is 5.06 Å². The SMILES string of the molecule is O=C(ON1C(=O)c2ccccc2C1=O)C1Cc2ccccc2CN1C(=O)c1ccco1. The third kappa shape index (κ3) is 3.09. The molecule has 154 valence electrons. The van der Waals surface area contributed by atoms with Crippen LogP contribution in [0.15, 0.2) is 71.3 Å². The highest BCUT2D eigenvalue weighted by molar-refractivity contribution is 6.21. The number of furan rings is 1. The summed E-state index contributed by atoms with van der Waals surface area (Å²) in [5.74, 6) is -2.70. The van der Waals surface area contributed by atoms with Crippen LogP contribution in [0.5, 0.6) is 0 Å². The van der Waals surface area contributed by atoms with Gasteiger partial charge in [-0.1, -0.05) is 41.5 Å². The molecule has 0 saturated carbocycles. The van der Waals surface area contributed by atoms with E-state index in [-0.39, 0.29) is 29.9 Å². The number of carbonyl (C=O) groups excluding carboxylic acids is 4. The first-order valence-corrected chi connectivity index (χ1v) is 9.65. The summed E-state index contributed by atoms with van der Waals surface area (Å²) < 4.78 is 5.21. The minimum atomic E-state index is -1.03. The molecule has 0 saturated heterocycles.